The van der Waals surface area contributed by atoms with E-state index in [9.17, 15) is 4.79 Å². The molecule has 112 valence electrons. The Kier molecular flexibility index (Phi) is 6.73. The lowest BCUT2D eigenvalue weighted by atomic mass is 9.99. The molecule has 0 aliphatic carbocycles. The van der Waals surface area contributed by atoms with Crippen LogP contribution < -0.4 is 5.32 Å². The Hall–Kier alpha value is -1.35. The molecule has 0 aromatic heterocycles. The van der Waals surface area contributed by atoms with Gasteiger partial charge in [-0.15, -0.1) is 0 Å². The summed E-state index contributed by atoms with van der Waals surface area (Å²) < 4.78 is 0. The van der Waals surface area contributed by atoms with Crippen LogP contribution in [0.25, 0.3) is 0 Å². The predicted octanol–water partition coefficient (Wildman–Crippen LogP) is 2.76. The van der Waals surface area contributed by atoms with Crippen LogP contribution in [0.4, 0.5) is 0 Å². The number of hydrogen-bond donors (Lipinski definition) is 2. The van der Waals surface area contributed by atoms with Gasteiger partial charge in [-0.05, 0) is 43.7 Å². The Morgan fingerprint density at radius 2 is 2.00 bits per heavy atom. The lowest BCUT2D eigenvalue weighted by Crippen LogP contribution is -2.39. The molecule has 0 fully saturated rings. The summed E-state index contributed by atoms with van der Waals surface area (Å²) >= 11 is 0. The highest BCUT2D eigenvalue weighted by Gasteiger charge is 2.15. The van der Waals surface area contributed by atoms with E-state index in [1.807, 2.05) is 0 Å². The van der Waals surface area contributed by atoms with Crippen LogP contribution in [-0.2, 0) is 11.2 Å². The topological polar surface area (TPSA) is 49.3 Å². The van der Waals surface area contributed by atoms with E-state index >= 15 is 0 Å². The number of nitrogens with one attached hydrogen (secondary N) is 1. The number of rotatable bonds is 7. The molecular weight excluding hydrogens is 250 g/mol. The number of aliphatic hydroxyl groups excluding tert-OH is 1. The SMILES string of the molecule is Cc1ccc(CCC(=O)NC(CCO)C(C)C)c(C)c1. The number of aryl methyl sites for hydroxylation is 3. The van der Waals surface area contributed by atoms with E-state index in [-0.39, 0.29) is 18.6 Å². The van der Waals surface area contributed by atoms with E-state index < -0.39 is 0 Å². The second-order valence-corrected chi connectivity index (χ2v) is 5.86. The van der Waals surface area contributed by atoms with Crippen molar-refractivity contribution >= 4 is 5.91 Å². The van der Waals surface area contributed by atoms with Crippen molar-refractivity contribution in [3.63, 3.8) is 0 Å². The third-order valence-corrected chi connectivity index (χ3v) is 3.71. The van der Waals surface area contributed by atoms with Crippen molar-refractivity contribution in [1.82, 2.24) is 5.32 Å². The number of aliphatic hydroxyl groups is 1. The molecule has 0 aliphatic rings. The molecule has 1 aromatic carbocycles. The van der Waals surface area contributed by atoms with E-state index in [4.69, 9.17) is 5.11 Å². The summed E-state index contributed by atoms with van der Waals surface area (Å²) in [5, 5.41) is 12.0. The minimum atomic E-state index is 0.0617. The minimum Gasteiger partial charge on any atom is -0.396 e. The molecule has 1 rings (SSSR count). The number of carbonyl (C=O) groups excluding carboxylic acids is 1. The quantitative estimate of drug-likeness (QED) is 0.805. The maximum absolute atomic E-state index is 12.0. The van der Waals surface area contributed by atoms with Crippen LogP contribution in [0.3, 0.4) is 0 Å². The highest BCUT2D eigenvalue weighted by molar-refractivity contribution is 5.76. The highest BCUT2D eigenvalue weighted by atomic mass is 16.3. The lowest BCUT2D eigenvalue weighted by molar-refractivity contribution is -0.122. The largest absolute Gasteiger partial charge is 0.396 e. The van der Waals surface area contributed by atoms with Gasteiger partial charge in [-0.25, -0.2) is 0 Å². The van der Waals surface area contributed by atoms with E-state index in [0.29, 0.717) is 18.8 Å². The standard InChI is InChI=1S/C17H27NO2/c1-12(2)16(9-10-19)18-17(20)8-7-15-6-5-13(3)11-14(15)4/h5-6,11-12,16,19H,7-10H2,1-4H3,(H,18,20). The van der Waals surface area contributed by atoms with Gasteiger partial charge in [-0.1, -0.05) is 37.6 Å². The molecule has 3 heteroatoms. The van der Waals surface area contributed by atoms with Crippen LogP contribution in [0.1, 0.15) is 43.4 Å². The molecule has 0 heterocycles. The first-order valence-electron chi connectivity index (χ1n) is 7.40. The molecule has 1 amide bonds. The average Bonchev–Trinajstić information content (AvgIpc) is 2.37. The molecule has 0 bridgehead atoms. The monoisotopic (exact) mass is 277 g/mol. The van der Waals surface area contributed by atoms with Gasteiger partial charge < -0.3 is 10.4 Å². The fourth-order valence-electron chi connectivity index (χ4n) is 2.36. The van der Waals surface area contributed by atoms with Crippen LogP contribution in [0.5, 0.6) is 0 Å². The lowest BCUT2D eigenvalue weighted by Gasteiger charge is -2.21. The van der Waals surface area contributed by atoms with Crippen molar-refractivity contribution in [2.45, 2.75) is 53.0 Å². The Balaban J connectivity index is 2.50. The normalized spacial score (nSPS) is 12.5. The second-order valence-electron chi connectivity index (χ2n) is 5.86. The molecule has 1 unspecified atom stereocenters. The van der Waals surface area contributed by atoms with Gasteiger partial charge in [0.25, 0.3) is 0 Å². The smallest absolute Gasteiger partial charge is 0.220 e. The summed E-state index contributed by atoms with van der Waals surface area (Å²) in [5.41, 5.74) is 3.72. The molecule has 3 nitrogen and oxygen atoms in total. The summed E-state index contributed by atoms with van der Waals surface area (Å²) in [6, 6.07) is 6.40. The Morgan fingerprint density at radius 3 is 2.55 bits per heavy atom. The number of hydrogen-bond acceptors (Lipinski definition) is 2. The first-order chi connectivity index (χ1) is 9.43. The van der Waals surface area contributed by atoms with Crippen LogP contribution >= 0.6 is 0 Å². The van der Waals surface area contributed by atoms with E-state index in [2.05, 4.69) is 51.2 Å². The van der Waals surface area contributed by atoms with Crippen molar-refractivity contribution < 1.29 is 9.90 Å². The van der Waals surface area contributed by atoms with Crippen molar-refractivity contribution in [3.8, 4) is 0 Å². The molecule has 0 saturated carbocycles. The van der Waals surface area contributed by atoms with Crippen LogP contribution in [0.15, 0.2) is 18.2 Å². The molecule has 1 atom stereocenters. The van der Waals surface area contributed by atoms with Gasteiger partial charge in [-0.3, -0.25) is 4.79 Å². The van der Waals surface area contributed by atoms with E-state index in [1.165, 1.54) is 16.7 Å². The molecule has 2 N–H and O–H groups in total. The van der Waals surface area contributed by atoms with Crippen molar-refractivity contribution in [2.75, 3.05) is 6.61 Å². The minimum absolute atomic E-state index is 0.0617. The van der Waals surface area contributed by atoms with Crippen LogP contribution in [0, 0.1) is 19.8 Å². The summed E-state index contributed by atoms with van der Waals surface area (Å²) in [4.78, 5) is 12.0. The second kappa shape index (κ2) is 8.05. The fourth-order valence-corrected chi connectivity index (χ4v) is 2.36. The maximum atomic E-state index is 12.0. The van der Waals surface area contributed by atoms with Gasteiger partial charge in [0.1, 0.15) is 0 Å². The third-order valence-electron chi connectivity index (χ3n) is 3.71. The summed E-state index contributed by atoms with van der Waals surface area (Å²) in [6.07, 6.45) is 1.88. The van der Waals surface area contributed by atoms with Gasteiger partial charge in [0.05, 0.1) is 0 Å². The molecule has 20 heavy (non-hydrogen) atoms. The molecule has 0 radical (unpaired) electrons. The summed E-state index contributed by atoms with van der Waals surface area (Å²) in [7, 11) is 0. The van der Waals surface area contributed by atoms with E-state index in [0.717, 1.165) is 6.42 Å². The van der Waals surface area contributed by atoms with Gasteiger partial charge >= 0.3 is 0 Å². The Bertz CT molecular complexity index is 441. The Labute approximate surface area is 122 Å². The zero-order valence-electron chi connectivity index (χ0n) is 13.1. The molecule has 0 spiro atoms. The Morgan fingerprint density at radius 1 is 1.30 bits per heavy atom. The van der Waals surface area contributed by atoms with Gasteiger partial charge in [-0.2, -0.15) is 0 Å². The number of benzene rings is 1. The van der Waals surface area contributed by atoms with Gasteiger partial charge in [0, 0.05) is 19.1 Å². The number of amides is 1. The molecular formula is C17H27NO2. The first-order valence-corrected chi connectivity index (χ1v) is 7.40. The zero-order valence-corrected chi connectivity index (χ0v) is 13.1. The van der Waals surface area contributed by atoms with Gasteiger partial charge in [0.15, 0.2) is 0 Å². The predicted molar refractivity (Wildman–Crippen MR) is 82.7 cm³/mol. The number of carbonyl (C=O) groups is 1. The fraction of sp³-hybridized carbons (Fsp3) is 0.588. The highest BCUT2D eigenvalue weighted by Crippen LogP contribution is 2.13. The van der Waals surface area contributed by atoms with Crippen molar-refractivity contribution in [2.24, 2.45) is 5.92 Å². The van der Waals surface area contributed by atoms with Crippen molar-refractivity contribution in [1.29, 1.82) is 0 Å². The van der Waals surface area contributed by atoms with Crippen molar-refractivity contribution in [3.05, 3.63) is 34.9 Å². The molecule has 0 aliphatic heterocycles. The first kappa shape index (κ1) is 16.7. The average molecular weight is 277 g/mol. The van der Waals surface area contributed by atoms with Crippen LogP contribution in [0.2, 0.25) is 0 Å². The van der Waals surface area contributed by atoms with E-state index in [1.54, 1.807) is 0 Å². The third kappa shape index (κ3) is 5.33. The summed E-state index contributed by atoms with van der Waals surface area (Å²) in [6.45, 7) is 8.39. The van der Waals surface area contributed by atoms with Gasteiger partial charge in [0.2, 0.25) is 5.91 Å². The molecule has 0 saturated heterocycles. The zero-order chi connectivity index (χ0) is 15.1. The van der Waals surface area contributed by atoms with Crippen LogP contribution in [-0.4, -0.2) is 23.7 Å². The maximum Gasteiger partial charge on any atom is 0.220 e. The summed E-state index contributed by atoms with van der Waals surface area (Å²) in [5.74, 6) is 0.407. The molecule has 1 aromatic rings.